The maximum atomic E-state index is 13.1. The molecule has 2 aromatic carbocycles. The van der Waals surface area contributed by atoms with Crippen LogP contribution in [-0.4, -0.2) is 35.8 Å². The highest BCUT2D eigenvalue weighted by Crippen LogP contribution is 2.32. The van der Waals surface area contributed by atoms with Crippen LogP contribution in [0.5, 0.6) is 0 Å². The lowest BCUT2D eigenvalue weighted by atomic mass is 9.88. The van der Waals surface area contributed by atoms with E-state index >= 15 is 0 Å². The van der Waals surface area contributed by atoms with E-state index in [0.717, 1.165) is 5.56 Å². The number of allylic oxidation sites excluding steroid dienone is 2. The first kappa shape index (κ1) is 24.1. The van der Waals surface area contributed by atoms with Crippen LogP contribution in [0.15, 0.2) is 47.7 Å². The molecule has 3 rings (SSSR count). The van der Waals surface area contributed by atoms with Crippen LogP contribution in [0.3, 0.4) is 0 Å². The summed E-state index contributed by atoms with van der Waals surface area (Å²) < 4.78 is 39.1. The molecule has 1 fully saturated rings. The fourth-order valence-corrected chi connectivity index (χ4v) is 4.00. The van der Waals surface area contributed by atoms with Crippen LogP contribution in [0.4, 0.5) is 13.2 Å². The minimum Gasteiger partial charge on any atom is -0.402 e. The highest BCUT2D eigenvalue weighted by molar-refractivity contribution is 6.13. The van der Waals surface area contributed by atoms with Crippen molar-refractivity contribution in [2.75, 3.05) is 13.1 Å². The number of rotatable bonds is 5. The molecule has 0 bridgehead atoms. The van der Waals surface area contributed by atoms with Gasteiger partial charge in [0.15, 0.2) is 0 Å². The third-order valence-corrected chi connectivity index (χ3v) is 5.91. The third-order valence-electron chi connectivity index (χ3n) is 5.91. The van der Waals surface area contributed by atoms with Crippen LogP contribution < -0.4 is 5.73 Å². The zero-order valence-electron chi connectivity index (χ0n) is 18.7. The SMILES string of the molecule is CC(N)=C(CC(F)(F)F)C(=N)c1cc(C(=O)N2CC(c3ccc(C#N)cc3)C2)c(C)cc1C. The lowest BCUT2D eigenvalue weighted by molar-refractivity contribution is -0.126. The highest BCUT2D eigenvalue weighted by Gasteiger charge is 2.34. The number of aryl methyl sites for hydroxylation is 2. The number of nitrogens with one attached hydrogen (secondary N) is 1. The number of alkyl halides is 3. The zero-order valence-corrected chi connectivity index (χ0v) is 18.7. The van der Waals surface area contributed by atoms with Crippen LogP contribution in [-0.2, 0) is 0 Å². The van der Waals surface area contributed by atoms with Crippen molar-refractivity contribution in [3.05, 3.63) is 81.0 Å². The van der Waals surface area contributed by atoms with Crippen LogP contribution in [0.1, 0.15) is 57.4 Å². The number of carbonyl (C=O) groups excluding carboxylic acids is 1. The molecule has 1 saturated heterocycles. The van der Waals surface area contributed by atoms with Gasteiger partial charge < -0.3 is 10.6 Å². The smallest absolute Gasteiger partial charge is 0.393 e. The van der Waals surface area contributed by atoms with E-state index in [4.69, 9.17) is 16.4 Å². The van der Waals surface area contributed by atoms with E-state index in [1.807, 2.05) is 12.1 Å². The summed E-state index contributed by atoms with van der Waals surface area (Å²) >= 11 is 0. The van der Waals surface area contributed by atoms with Crippen molar-refractivity contribution in [2.24, 2.45) is 5.73 Å². The first-order valence-corrected chi connectivity index (χ1v) is 10.4. The average molecular weight is 454 g/mol. The normalized spacial score (nSPS) is 14.9. The Kier molecular flexibility index (Phi) is 6.63. The van der Waals surface area contributed by atoms with E-state index in [1.54, 1.807) is 36.9 Å². The molecule has 0 aliphatic carbocycles. The minimum atomic E-state index is -4.50. The van der Waals surface area contributed by atoms with Crippen LogP contribution in [0, 0.1) is 30.6 Å². The first-order valence-electron chi connectivity index (χ1n) is 10.4. The molecule has 8 heteroatoms. The van der Waals surface area contributed by atoms with Crippen molar-refractivity contribution in [1.82, 2.24) is 4.90 Å². The third kappa shape index (κ3) is 5.25. The summed E-state index contributed by atoms with van der Waals surface area (Å²) in [6.07, 6.45) is -5.80. The largest absolute Gasteiger partial charge is 0.402 e. The Labute approximate surface area is 190 Å². The van der Waals surface area contributed by atoms with Gasteiger partial charge in [0.2, 0.25) is 0 Å². The molecule has 1 aliphatic heterocycles. The summed E-state index contributed by atoms with van der Waals surface area (Å²) in [5.41, 5.74) is 8.53. The van der Waals surface area contributed by atoms with E-state index in [-0.39, 0.29) is 34.4 Å². The Hall–Kier alpha value is -3.60. The predicted octanol–water partition coefficient (Wildman–Crippen LogP) is 4.97. The maximum Gasteiger partial charge on any atom is 0.393 e. The molecule has 5 nitrogen and oxygen atoms in total. The molecule has 3 N–H and O–H groups in total. The van der Waals surface area contributed by atoms with Gasteiger partial charge in [-0.15, -0.1) is 0 Å². The molecular formula is C25H25F3N4O. The molecule has 172 valence electrons. The van der Waals surface area contributed by atoms with Crippen molar-refractivity contribution < 1.29 is 18.0 Å². The molecule has 0 aromatic heterocycles. The van der Waals surface area contributed by atoms with Crippen LogP contribution in [0.2, 0.25) is 0 Å². The predicted molar refractivity (Wildman–Crippen MR) is 120 cm³/mol. The van der Waals surface area contributed by atoms with E-state index in [9.17, 15) is 18.0 Å². The number of carbonyl (C=O) groups is 1. The fourth-order valence-electron chi connectivity index (χ4n) is 4.00. The second-order valence-corrected chi connectivity index (χ2v) is 8.45. The first-order chi connectivity index (χ1) is 15.4. The topological polar surface area (TPSA) is 94.0 Å². The number of amides is 1. The van der Waals surface area contributed by atoms with Crippen molar-refractivity contribution in [1.29, 1.82) is 10.7 Å². The molecule has 2 aromatic rings. The molecule has 1 amide bonds. The van der Waals surface area contributed by atoms with Crippen molar-refractivity contribution >= 4 is 11.6 Å². The maximum absolute atomic E-state index is 13.1. The van der Waals surface area contributed by atoms with Gasteiger partial charge in [0.25, 0.3) is 5.91 Å². The minimum absolute atomic E-state index is 0.0711. The van der Waals surface area contributed by atoms with Crippen molar-refractivity contribution in [3.63, 3.8) is 0 Å². The van der Waals surface area contributed by atoms with Crippen molar-refractivity contribution in [3.8, 4) is 6.07 Å². The van der Waals surface area contributed by atoms with Gasteiger partial charge in [-0.05, 0) is 55.7 Å². The van der Waals surface area contributed by atoms with Gasteiger partial charge in [-0.25, -0.2) is 0 Å². The van der Waals surface area contributed by atoms with Gasteiger partial charge in [0, 0.05) is 41.4 Å². The summed E-state index contributed by atoms with van der Waals surface area (Å²) in [5, 5.41) is 17.3. The second-order valence-electron chi connectivity index (χ2n) is 8.45. The van der Waals surface area contributed by atoms with Gasteiger partial charge in [0.05, 0.1) is 23.8 Å². The molecule has 33 heavy (non-hydrogen) atoms. The van der Waals surface area contributed by atoms with Gasteiger partial charge in [0.1, 0.15) is 0 Å². The number of hydrogen-bond acceptors (Lipinski definition) is 4. The zero-order chi connectivity index (χ0) is 24.5. The fraction of sp³-hybridized carbons (Fsp3) is 0.320. The summed E-state index contributed by atoms with van der Waals surface area (Å²) in [4.78, 5) is 14.8. The monoisotopic (exact) mass is 454 g/mol. The number of nitriles is 1. The molecule has 0 unspecified atom stereocenters. The summed E-state index contributed by atoms with van der Waals surface area (Å²) in [6, 6.07) is 12.5. The highest BCUT2D eigenvalue weighted by atomic mass is 19.4. The molecule has 0 saturated carbocycles. The standard InChI is InChI=1S/C25H25F3N4O/c1-14-8-15(2)21(9-20(14)23(31)22(16(3)30)10-25(26,27)28)24(33)32-12-19(13-32)18-6-4-17(11-29)5-7-18/h4-9,19,31H,10,12-13,30H2,1-3H3. The lowest BCUT2D eigenvalue weighted by Crippen LogP contribution is -2.48. The average Bonchev–Trinajstić information content (AvgIpc) is 2.70. The van der Waals surface area contributed by atoms with Crippen LogP contribution in [0.25, 0.3) is 0 Å². The molecule has 0 spiro atoms. The van der Waals surface area contributed by atoms with E-state index in [2.05, 4.69) is 6.07 Å². The van der Waals surface area contributed by atoms with Gasteiger partial charge in [-0.3, -0.25) is 10.2 Å². The summed E-state index contributed by atoms with van der Waals surface area (Å²) in [5.74, 6) is -0.0660. The van der Waals surface area contributed by atoms with E-state index in [0.29, 0.717) is 35.3 Å². The molecular weight excluding hydrogens is 429 g/mol. The van der Waals surface area contributed by atoms with Gasteiger partial charge in [-0.1, -0.05) is 18.2 Å². The van der Waals surface area contributed by atoms with Crippen molar-refractivity contribution in [2.45, 2.75) is 39.3 Å². The Morgan fingerprint density at radius 2 is 1.73 bits per heavy atom. The number of hydrogen-bond donors (Lipinski definition) is 2. The summed E-state index contributed by atoms with van der Waals surface area (Å²) in [7, 11) is 0. The van der Waals surface area contributed by atoms with Gasteiger partial charge in [-0.2, -0.15) is 18.4 Å². The lowest BCUT2D eigenvalue weighted by Gasteiger charge is -2.40. The number of nitrogens with two attached hydrogens (primary N) is 1. The Balaban J connectivity index is 1.82. The van der Waals surface area contributed by atoms with E-state index < -0.39 is 12.6 Å². The quantitative estimate of drug-likeness (QED) is 0.625. The van der Waals surface area contributed by atoms with Crippen LogP contribution >= 0.6 is 0 Å². The number of nitrogens with zero attached hydrogens (tertiary/aromatic N) is 2. The molecule has 0 atom stereocenters. The number of likely N-dealkylation sites (tertiary alicyclic amines) is 1. The molecule has 1 heterocycles. The van der Waals surface area contributed by atoms with E-state index in [1.165, 1.54) is 13.0 Å². The van der Waals surface area contributed by atoms with Gasteiger partial charge >= 0.3 is 6.18 Å². The molecule has 1 aliphatic rings. The Bertz CT molecular complexity index is 1160. The second kappa shape index (κ2) is 9.10. The molecule has 0 radical (unpaired) electrons. The Morgan fingerprint density at radius 3 is 2.24 bits per heavy atom. The Morgan fingerprint density at radius 1 is 1.15 bits per heavy atom. The number of benzene rings is 2. The number of halogens is 3. The summed E-state index contributed by atoms with van der Waals surface area (Å²) in [6.45, 7) is 5.82.